The molecule has 0 amide bonds. The van der Waals surface area contributed by atoms with Gasteiger partial charge < -0.3 is 18.9 Å². The molecular weight excluding hydrogens is 1650 g/mol. The Labute approximate surface area is 842 Å². The highest BCUT2D eigenvalue weighted by Gasteiger charge is 2.47. The van der Waals surface area contributed by atoms with E-state index in [0.717, 1.165) is 204 Å². The van der Waals surface area contributed by atoms with Crippen LogP contribution in [0.25, 0.3) is 99.5 Å². The van der Waals surface area contributed by atoms with Gasteiger partial charge >= 0.3 is 0 Å². The Morgan fingerprint density at radius 2 is 0.474 bits per heavy atom. The number of aromatic nitrogens is 2. The van der Waals surface area contributed by atoms with Gasteiger partial charge in [-0.1, -0.05) is 362 Å². The molecule has 4 heterocycles. The van der Waals surface area contributed by atoms with Crippen LogP contribution >= 0.6 is 0 Å². The van der Waals surface area contributed by atoms with Crippen molar-refractivity contribution >= 4 is 101 Å². The van der Waals surface area contributed by atoms with Crippen LogP contribution in [0.1, 0.15) is 306 Å². The average Bonchev–Trinajstić information content (AvgIpc) is 0.678. The van der Waals surface area contributed by atoms with Gasteiger partial charge in [-0.05, 0) is 333 Å². The van der Waals surface area contributed by atoms with E-state index in [1.54, 1.807) is 0 Å². The first-order valence-corrected chi connectivity index (χ1v) is 50.3. The molecule has 4 nitrogen and oxygen atoms in total. The molecule has 17 rings (SSSR count). The standard InChI is InChI=1S/C132H159BN4/c1-122(2,3)74-84-38-34-42-94(58-84)101-66-92(82-130(25,26)27)67-102(95-43-35-39-85(59-95)75-123(4,5)6)120(101)136-115-72-99(134-111-54-46-88(78-126(13,14)15)62-105(111)106-63-89(47-55-112(106)134)79-127(16,17)18)50-52-109(115)133-110-53-51-100(135-113-56-48-90(80-128(19,20)21)64-107(113)108-65-91(49-57-114(108)135)81-129(22,23)24)73-116(110)137(118-71-98(132(31,32)33)70-117(136)119(118)133)121-103(96-44-36-40-86(60-96)76-124(7,8)9)68-93(83-131(28,29)30)69-104(121)97-45-37-41-87(61-97)77-125(10,11)12/h34-73H,74-83H2,1-33H3/i78D2,79D2,80D2,81D2,82D2,83D2. The van der Waals surface area contributed by atoms with Crippen molar-refractivity contribution in [3.63, 3.8) is 0 Å². The fourth-order valence-corrected chi connectivity index (χ4v) is 21.3. The molecule has 15 aromatic rings. The number of hydrogen-bond donors (Lipinski definition) is 0. The van der Waals surface area contributed by atoms with E-state index in [-0.39, 0.29) is 21.7 Å². The zero-order valence-electron chi connectivity index (χ0n) is 101. The SMILES string of the molecule is [2H]C([2H])(c1cc(-c2cccc(CC(C)(C)C)c2)c(N2c3cc(-n4c5ccc(C([2H])([2H])C(C)(C)C)cc5c5cc(C([2H])([2H])C(C)(C)C)ccc54)ccc3B3c4ccc(-n5c6ccc(C([2H])([2H])C(C)(C)C)cc6c6cc(C([2H])([2H])C(C)(C)C)ccc65)cc4N(c4c(-c5cccc(CC(C)(C)C)c5)cc(C([2H])([2H])C(C)(C)C)cc4-c4cccc(CC(C)(C)C)c4)c4cc(C(C)(C)C)cc2c43)c(-c2cccc(CC(C)(C)C)c2)c1)C(C)(C)C. The van der Waals surface area contributed by atoms with Crippen LogP contribution in [0.2, 0.25) is 0 Å². The molecule has 0 saturated carbocycles. The monoisotopic (exact) mass is 1820 g/mol. The van der Waals surface area contributed by atoms with Crippen LogP contribution in [0.3, 0.4) is 0 Å². The first kappa shape index (κ1) is 83.1. The van der Waals surface area contributed by atoms with Gasteiger partial charge in [-0.15, -0.1) is 0 Å². The molecule has 0 N–H and O–H groups in total. The van der Waals surface area contributed by atoms with Crippen molar-refractivity contribution < 1.29 is 16.4 Å². The Balaban J connectivity index is 1.13. The van der Waals surface area contributed by atoms with Crippen molar-refractivity contribution in [1.29, 1.82) is 0 Å². The van der Waals surface area contributed by atoms with Crippen LogP contribution in [0.15, 0.2) is 243 Å². The maximum absolute atomic E-state index is 10.8. The Hall–Kier alpha value is -10.9. The van der Waals surface area contributed by atoms with Gasteiger partial charge in [0.2, 0.25) is 0 Å². The molecule has 0 atom stereocenters. The zero-order valence-corrected chi connectivity index (χ0v) is 88.8. The number of benzene rings is 13. The van der Waals surface area contributed by atoms with Crippen LogP contribution < -0.4 is 26.2 Å². The molecule has 2 aromatic heterocycles. The average molecular weight is 1820 g/mol. The van der Waals surface area contributed by atoms with Crippen molar-refractivity contribution in [3.8, 4) is 55.9 Å². The summed E-state index contributed by atoms with van der Waals surface area (Å²) < 4.78 is 128. The Morgan fingerprint density at radius 3 is 0.708 bits per heavy atom. The van der Waals surface area contributed by atoms with E-state index in [9.17, 15) is 16.4 Å². The Kier molecular flexibility index (Phi) is 21.3. The van der Waals surface area contributed by atoms with Crippen LogP contribution in [0, 0.1) is 54.1 Å². The molecule has 0 bridgehead atoms. The minimum atomic E-state index is -1.94. The molecular formula is C132H159BN4. The van der Waals surface area contributed by atoms with Crippen LogP contribution in [-0.2, 0) is 69.3 Å². The van der Waals surface area contributed by atoms with E-state index in [1.165, 1.54) is 0 Å². The van der Waals surface area contributed by atoms with Crippen LogP contribution in [-0.4, -0.2) is 15.8 Å². The van der Waals surface area contributed by atoms with E-state index in [4.69, 9.17) is 0 Å². The Morgan fingerprint density at radius 1 is 0.226 bits per heavy atom. The van der Waals surface area contributed by atoms with Gasteiger partial charge in [0.1, 0.15) is 0 Å². The summed E-state index contributed by atoms with van der Waals surface area (Å²) in [5, 5.41) is 3.10. The molecule has 710 valence electrons. The molecule has 5 heteroatoms. The van der Waals surface area contributed by atoms with E-state index in [0.29, 0.717) is 33.4 Å². The van der Waals surface area contributed by atoms with Gasteiger partial charge in [-0.25, -0.2) is 0 Å². The summed E-state index contributed by atoms with van der Waals surface area (Å²) in [4.78, 5) is 5.13. The van der Waals surface area contributed by atoms with Gasteiger partial charge in [0.15, 0.2) is 0 Å². The highest BCUT2D eigenvalue weighted by Crippen LogP contribution is 2.57. The second-order valence-corrected chi connectivity index (χ2v) is 52.2. The molecule has 13 aromatic carbocycles. The minimum Gasteiger partial charge on any atom is -0.310 e. The van der Waals surface area contributed by atoms with Crippen molar-refractivity contribution in [2.45, 2.75) is 298 Å². The minimum absolute atomic E-state index is 0.138. The van der Waals surface area contributed by atoms with Crippen LogP contribution in [0.4, 0.5) is 34.1 Å². The smallest absolute Gasteiger partial charge is 0.252 e. The van der Waals surface area contributed by atoms with Gasteiger partial charge in [-0.2, -0.15) is 0 Å². The third-order valence-corrected chi connectivity index (χ3v) is 25.6. The molecule has 0 saturated heterocycles. The van der Waals surface area contributed by atoms with E-state index in [2.05, 4.69) is 317 Å². The van der Waals surface area contributed by atoms with Crippen molar-refractivity contribution in [2.24, 2.45) is 54.1 Å². The highest BCUT2D eigenvalue weighted by molar-refractivity contribution is 7.00. The van der Waals surface area contributed by atoms with E-state index in [1.807, 2.05) is 173 Å². The predicted molar refractivity (Wildman–Crippen MR) is 601 cm³/mol. The topological polar surface area (TPSA) is 16.3 Å². The Bertz CT molecular complexity index is 7030. The van der Waals surface area contributed by atoms with Crippen molar-refractivity contribution in [2.75, 3.05) is 9.80 Å². The molecule has 0 aliphatic carbocycles. The fraction of sp³-hybridized carbons (Fsp3) is 0.409. The second-order valence-electron chi connectivity index (χ2n) is 52.2. The third kappa shape index (κ3) is 21.8. The van der Waals surface area contributed by atoms with Crippen molar-refractivity contribution in [3.05, 3.63) is 304 Å². The quantitative estimate of drug-likeness (QED) is 0.0796. The fourth-order valence-electron chi connectivity index (χ4n) is 21.3. The normalized spacial score (nSPS) is 15.8. The highest BCUT2D eigenvalue weighted by atomic mass is 15.2. The first-order chi connectivity index (χ1) is 68.3. The molecule has 0 unspecified atom stereocenters. The number of hydrogen-bond acceptors (Lipinski definition) is 2. The molecule has 2 aliphatic rings. The molecule has 0 fully saturated rings. The van der Waals surface area contributed by atoms with E-state index < -0.39 is 82.9 Å². The summed E-state index contributed by atoms with van der Waals surface area (Å²) in [6.07, 6.45) is -8.12. The summed E-state index contributed by atoms with van der Waals surface area (Å²) in [6.45, 7) is 68.9. The molecule has 2 aliphatic heterocycles. The number of rotatable bonds is 18. The lowest BCUT2D eigenvalue weighted by atomic mass is 9.33. The van der Waals surface area contributed by atoms with Crippen molar-refractivity contribution in [1.82, 2.24) is 9.13 Å². The summed E-state index contributed by atoms with van der Waals surface area (Å²) in [6, 6.07) is 87.4. The number of anilines is 6. The molecule has 137 heavy (non-hydrogen) atoms. The lowest BCUT2D eigenvalue weighted by Gasteiger charge is -2.46. The van der Waals surface area contributed by atoms with Gasteiger partial charge in [-0.3, -0.25) is 0 Å². The van der Waals surface area contributed by atoms with Crippen LogP contribution in [0.5, 0.6) is 0 Å². The second kappa shape index (κ2) is 35.2. The number of fused-ring (bicyclic) bond motifs is 10. The molecule has 0 spiro atoms. The van der Waals surface area contributed by atoms with Gasteiger partial charge in [0.05, 0.1) is 33.4 Å². The largest absolute Gasteiger partial charge is 0.310 e. The van der Waals surface area contributed by atoms with Gasteiger partial charge in [0.25, 0.3) is 6.71 Å². The maximum atomic E-state index is 10.8. The lowest BCUT2D eigenvalue weighted by Crippen LogP contribution is -2.61. The lowest BCUT2D eigenvalue weighted by molar-refractivity contribution is 0.410. The summed E-state index contributed by atoms with van der Waals surface area (Å²) >= 11 is 0. The molecule has 0 radical (unpaired) electrons. The summed E-state index contributed by atoms with van der Waals surface area (Å²) in [7, 11) is 0. The zero-order chi connectivity index (χ0) is 109. The van der Waals surface area contributed by atoms with E-state index >= 15 is 0 Å². The summed E-state index contributed by atoms with van der Waals surface area (Å²) in [5.41, 5.74) is 21.9. The predicted octanol–water partition coefficient (Wildman–Crippen LogP) is 35.8. The first-order valence-electron chi connectivity index (χ1n) is 56.3. The van der Waals surface area contributed by atoms with Gasteiger partial charge in [0, 0.05) is 94.4 Å². The summed E-state index contributed by atoms with van der Waals surface area (Å²) in [5.74, 6) is 0. The maximum Gasteiger partial charge on any atom is 0.252 e. The third-order valence-electron chi connectivity index (χ3n) is 25.6. The number of nitrogens with zero attached hydrogens (tertiary/aromatic N) is 4.